The quantitative estimate of drug-likeness (QED) is 0.665. The topological polar surface area (TPSA) is 18.5 Å². The Bertz CT molecular complexity index is 44.1. The van der Waals surface area contributed by atoms with Gasteiger partial charge in [-0.3, -0.25) is 0 Å². The number of hydrogen-bond acceptors (Lipinski definition) is 2. The molecule has 0 N–H and O–H groups in total. The lowest BCUT2D eigenvalue weighted by molar-refractivity contribution is 0.134. The molecule has 0 saturated heterocycles. The van der Waals surface area contributed by atoms with Crippen molar-refractivity contribution in [1.29, 1.82) is 0 Å². The Labute approximate surface area is 86.6 Å². The van der Waals surface area contributed by atoms with E-state index in [9.17, 15) is 0 Å². The fraction of sp³-hybridized carbons (Fsp3) is 1.00. The number of rotatable bonds is 2. The third kappa shape index (κ3) is 76.3. The van der Waals surface area contributed by atoms with Crippen LogP contribution in [-0.4, -0.2) is 26.4 Å². The molecule has 0 heterocycles. The molecule has 0 spiro atoms. The van der Waals surface area contributed by atoms with Crippen molar-refractivity contribution in [1.82, 2.24) is 0 Å². The minimum absolute atomic E-state index is 0. The maximum Gasteiger partial charge on any atom is 0.0515 e. The molecule has 0 radical (unpaired) electrons. The van der Waals surface area contributed by atoms with Crippen molar-refractivity contribution in [3.05, 3.63) is 0 Å². The van der Waals surface area contributed by atoms with Crippen molar-refractivity contribution in [2.24, 2.45) is 0 Å². The Hall–Kier alpha value is -0.0800. The van der Waals surface area contributed by atoms with Crippen LogP contribution in [-0.2, 0) is 9.47 Å². The summed E-state index contributed by atoms with van der Waals surface area (Å²) in [6.45, 7) is 8.00. The summed E-state index contributed by atoms with van der Waals surface area (Å²) in [5.41, 5.74) is 0. The standard InChI is InChI=1S/2C4H10O.3CH4/c2*1-4(2)5-3;;;/h2*4H,1-3H3;3*1H4. The number of hydrogen-bond donors (Lipinski definition) is 0. The highest BCUT2D eigenvalue weighted by Crippen LogP contribution is 1.78. The van der Waals surface area contributed by atoms with E-state index >= 15 is 0 Å². The smallest absolute Gasteiger partial charge is 0.0515 e. The first-order valence-corrected chi connectivity index (χ1v) is 3.60. The molecule has 0 unspecified atom stereocenters. The van der Waals surface area contributed by atoms with Gasteiger partial charge in [-0.15, -0.1) is 0 Å². The van der Waals surface area contributed by atoms with E-state index < -0.39 is 0 Å². The third-order valence-electron chi connectivity index (χ3n) is 0.943. The van der Waals surface area contributed by atoms with E-state index in [4.69, 9.17) is 9.47 Å². The first-order chi connectivity index (χ1) is 4.54. The summed E-state index contributed by atoms with van der Waals surface area (Å²) in [6.07, 6.45) is 0.769. The van der Waals surface area contributed by atoms with E-state index in [-0.39, 0.29) is 22.3 Å². The monoisotopic (exact) mass is 196 g/mol. The normalized spacial score (nSPS) is 7.38. The minimum Gasteiger partial charge on any atom is -0.382 e. The highest BCUT2D eigenvalue weighted by molar-refractivity contribution is 4.27. The van der Waals surface area contributed by atoms with Crippen LogP contribution in [0.3, 0.4) is 0 Å². The molecule has 0 aromatic heterocycles. The van der Waals surface area contributed by atoms with E-state index in [0.29, 0.717) is 12.2 Å². The van der Waals surface area contributed by atoms with Crippen LogP contribution in [0.4, 0.5) is 0 Å². The Morgan fingerprint density at radius 3 is 0.692 bits per heavy atom. The SMILES string of the molecule is C.C.C.COC(C)C.COC(C)C. The van der Waals surface area contributed by atoms with Crippen LogP contribution < -0.4 is 0 Å². The van der Waals surface area contributed by atoms with Gasteiger partial charge in [0.25, 0.3) is 0 Å². The number of ether oxygens (including phenoxy) is 2. The summed E-state index contributed by atoms with van der Waals surface area (Å²) in [6, 6.07) is 0. The highest BCUT2D eigenvalue weighted by atomic mass is 16.5. The van der Waals surface area contributed by atoms with Gasteiger partial charge in [-0.05, 0) is 27.7 Å². The molecule has 0 amide bonds. The lowest BCUT2D eigenvalue weighted by Gasteiger charge is -1.94. The lowest BCUT2D eigenvalue weighted by atomic mass is 10.5. The average Bonchev–Trinajstić information content (AvgIpc) is 1.89. The zero-order valence-corrected chi connectivity index (χ0v) is 7.97. The van der Waals surface area contributed by atoms with Crippen LogP contribution >= 0.6 is 0 Å². The maximum atomic E-state index is 4.75. The first kappa shape index (κ1) is 29.3. The second-order valence-electron chi connectivity index (χ2n) is 2.57. The molecule has 0 fully saturated rings. The van der Waals surface area contributed by atoms with Crippen molar-refractivity contribution in [2.75, 3.05) is 14.2 Å². The Morgan fingerprint density at radius 1 is 0.615 bits per heavy atom. The highest BCUT2D eigenvalue weighted by Gasteiger charge is 1.79. The number of methoxy groups -OCH3 is 2. The largest absolute Gasteiger partial charge is 0.382 e. The Kier molecular flexibility index (Phi) is 51.0. The van der Waals surface area contributed by atoms with Crippen molar-refractivity contribution in [3.8, 4) is 0 Å². The molecule has 0 aliphatic heterocycles. The van der Waals surface area contributed by atoms with Gasteiger partial charge in [0, 0.05) is 14.2 Å². The van der Waals surface area contributed by atoms with Gasteiger partial charge in [-0.1, -0.05) is 22.3 Å². The van der Waals surface area contributed by atoms with Crippen LogP contribution in [0.1, 0.15) is 50.0 Å². The molecule has 0 atom stereocenters. The first-order valence-electron chi connectivity index (χ1n) is 3.60. The van der Waals surface area contributed by atoms with Crippen LogP contribution in [0.25, 0.3) is 0 Å². The van der Waals surface area contributed by atoms with E-state index in [0.717, 1.165) is 0 Å². The summed E-state index contributed by atoms with van der Waals surface area (Å²) in [5.74, 6) is 0. The molecule has 0 aromatic carbocycles. The second kappa shape index (κ2) is 22.7. The molecular formula is C11H32O2. The van der Waals surface area contributed by atoms with Crippen LogP contribution in [0.2, 0.25) is 0 Å². The molecular weight excluding hydrogens is 164 g/mol. The van der Waals surface area contributed by atoms with Gasteiger partial charge in [0.1, 0.15) is 0 Å². The summed E-state index contributed by atoms with van der Waals surface area (Å²) in [7, 11) is 3.40. The van der Waals surface area contributed by atoms with Gasteiger partial charge in [-0.25, -0.2) is 0 Å². The average molecular weight is 196 g/mol. The van der Waals surface area contributed by atoms with Crippen LogP contribution in [0.15, 0.2) is 0 Å². The van der Waals surface area contributed by atoms with Gasteiger partial charge in [0.2, 0.25) is 0 Å². The maximum absolute atomic E-state index is 4.75. The fourth-order valence-corrected chi connectivity index (χ4v) is 0. The summed E-state index contributed by atoms with van der Waals surface area (Å²) < 4.78 is 9.50. The molecule has 0 aliphatic carbocycles. The van der Waals surface area contributed by atoms with E-state index in [1.807, 2.05) is 27.7 Å². The zero-order chi connectivity index (χ0) is 8.57. The van der Waals surface area contributed by atoms with E-state index in [2.05, 4.69) is 0 Å². The van der Waals surface area contributed by atoms with Crippen molar-refractivity contribution >= 4 is 0 Å². The fourth-order valence-electron chi connectivity index (χ4n) is 0. The summed E-state index contributed by atoms with van der Waals surface area (Å²) in [5, 5.41) is 0. The van der Waals surface area contributed by atoms with Crippen molar-refractivity contribution in [2.45, 2.75) is 62.2 Å². The minimum atomic E-state index is 0. The molecule has 2 nitrogen and oxygen atoms in total. The predicted molar refractivity (Wildman–Crippen MR) is 64.5 cm³/mol. The van der Waals surface area contributed by atoms with Crippen molar-refractivity contribution < 1.29 is 9.47 Å². The summed E-state index contributed by atoms with van der Waals surface area (Å²) >= 11 is 0. The molecule has 2 heteroatoms. The van der Waals surface area contributed by atoms with Gasteiger partial charge >= 0.3 is 0 Å². The van der Waals surface area contributed by atoms with Crippen LogP contribution in [0.5, 0.6) is 0 Å². The van der Waals surface area contributed by atoms with Crippen molar-refractivity contribution in [3.63, 3.8) is 0 Å². The van der Waals surface area contributed by atoms with Gasteiger partial charge in [0.15, 0.2) is 0 Å². The molecule has 0 aromatic rings. The van der Waals surface area contributed by atoms with Gasteiger partial charge in [-0.2, -0.15) is 0 Å². The van der Waals surface area contributed by atoms with Crippen LogP contribution in [0, 0.1) is 0 Å². The zero-order valence-electron chi connectivity index (χ0n) is 7.97. The van der Waals surface area contributed by atoms with E-state index in [1.54, 1.807) is 14.2 Å². The molecule has 88 valence electrons. The molecule has 0 aliphatic rings. The Balaban J connectivity index is -0.0000000267. The van der Waals surface area contributed by atoms with Gasteiger partial charge < -0.3 is 9.47 Å². The Morgan fingerprint density at radius 2 is 0.692 bits per heavy atom. The molecule has 0 saturated carbocycles. The lowest BCUT2D eigenvalue weighted by Crippen LogP contribution is -1.94. The molecule has 0 rings (SSSR count). The second-order valence-corrected chi connectivity index (χ2v) is 2.57. The molecule has 13 heavy (non-hydrogen) atoms. The van der Waals surface area contributed by atoms with Gasteiger partial charge in [0.05, 0.1) is 12.2 Å². The third-order valence-corrected chi connectivity index (χ3v) is 0.943. The predicted octanol–water partition coefficient (Wildman–Crippen LogP) is 3.99. The summed E-state index contributed by atoms with van der Waals surface area (Å²) in [4.78, 5) is 0. The van der Waals surface area contributed by atoms with E-state index in [1.165, 1.54) is 0 Å². The molecule has 0 bridgehead atoms.